The number of benzene rings is 2. The van der Waals surface area contributed by atoms with Crippen molar-refractivity contribution < 1.29 is 18.3 Å². The fourth-order valence-corrected chi connectivity index (χ4v) is 2.57. The van der Waals surface area contributed by atoms with Crippen LogP contribution in [0.25, 0.3) is 0 Å². The zero-order valence-corrected chi connectivity index (χ0v) is 14.0. The van der Waals surface area contributed by atoms with Gasteiger partial charge in [0.1, 0.15) is 11.6 Å². The molecular formula is C19H19F2N3O2. The minimum Gasteiger partial charge on any atom is -0.376 e. The summed E-state index contributed by atoms with van der Waals surface area (Å²) in [5, 5.41) is 5.58. The number of anilines is 1. The van der Waals surface area contributed by atoms with E-state index in [1.165, 1.54) is 42.5 Å². The molecule has 1 aliphatic heterocycles. The van der Waals surface area contributed by atoms with Gasteiger partial charge in [-0.25, -0.2) is 13.8 Å². The van der Waals surface area contributed by atoms with Crippen LogP contribution in [0.5, 0.6) is 0 Å². The van der Waals surface area contributed by atoms with Crippen molar-refractivity contribution in [3.63, 3.8) is 0 Å². The van der Waals surface area contributed by atoms with E-state index in [2.05, 4.69) is 15.6 Å². The second-order valence-electron chi connectivity index (χ2n) is 5.92. The first-order chi connectivity index (χ1) is 12.6. The average molecular weight is 359 g/mol. The largest absolute Gasteiger partial charge is 0.376 e. The molecule has 0 radical (unpaired) electrons. The second kappa shape index (κ2) is 8.53. The lowest BCUT2D eigenvalue weighted by atomic mass is 10.2. The van der Waals surface area contributed by atoms with Crippen LogP contribution >= 0.6 is 0 Å². The lowest BCUT2D eigenvalue weighted by Gasteiger charge is -2.13. The molecule has 2 aromatic carbocycles. The van der Waals surface area contributed by atoms with Crippen LogP contribution in [0.15, 0.2) is 53.5 Å². The van der Waals surface area contributed by atoms with Crippen molar-refractivity contribution in [1.82, 2.24) is 5.32 Å². The molecule has 2 N–H and O–H groups in total. The highest BCUT2D eigenvalue weighted by Gasteiger charge is 2.16. The van der Waals surface area contributed by atoms with Gasteiger partial charge in [-0.2, -0.15) is 0 Å². The zero-order chi connectivity index (χ0) is 18.4. The van der Waals surface area contributed by atoms with Crippen molar-refractivity contribution in [1.29, 1.82) is 0 Å². The maximum Gasteiger partial charge on any atom is 0.258 e. The van der Waals surface area contributed by atoms with Crippen molar-refractivity contribution in [2.24, 2.45) is 4.99 Å². The number of amides is 1. The van der Waals surface area contributed by atoms with Crippen molar-refractivity contribution in [2.45, 2.75) is 18.9 Å². The topological polar surface area (TPSA) is 62.7 Å². The first-order valence-corrected chi connectivity index (χ1v) is 8.36. The van der Waals surface area contributed by atoms with Gasteiger partial charge in [0.25, 0.3) is 5.91 Å². The fourth-order valence-electron chi connectivity index (χ4n) is 2.57. The third-order valence-corrected chi connectivity index (χ3v) is 3.90. The zero-order valence-electron chi connectivity index (χ0n) is 14.0. The maximum atomic E-state index is 13.3. The van der Waals surface area contributed by atoms with Crippen LogP contribution in [-0.4, -0.2) is 31.1 Å². The van der Waals surface area contributed by atoms with E-state index in [-0.39, 0.29) is 23.4 Å². The van der Waals surface area contributed by atoms with E-state index < -0.39 is 11.7 Å². The third-order valence-electron chi connectivity index (χ3n) is 3.90. The van der Waals surface area contributed by atoms with E-state index in [9.17, 15) is 13.6 Å². The summed E-state index contributed by atoms with van der Waals surface area (Å²) >= 11 is 0. The Morgan fingerprint density at radius 1 is 1.15 bits per heavy atom. The van der Waals surface area contributed by atoms with Gasteiger partial charge in [0.2, 0.25) is 5.96 Å². The van der Waals surface area contributed by atoms with Gasteiger partial charge < -0.3 is 10.1 Å². The van der Waals surface area contributed by atoms with Crippen LogP contribution in [0.2, 0.25) is 0 Å². The van der Waals surface area contributed by atoms with Crippen LogP contribution in [0.3, 0.4) is 0 Å². The van der Waals surface area contributed by atoms with E-state index >= 15 is 0 Å². The van der Waals surface area contributed by atoms with Gasteiger partial charge in [-0.3, -0.25) is 10.1 Å². The molecule has 0 aliphatic carbocycles. The Kier molecular flexibility index (Phi) is 5.91. The Bertz CT molecular complexity index is 788. The highest BCUT2D eigenvalue weighted by atomic mass is 19.1. The Balaban J connectivity index is 1.73. The van der Waals surface area contributed by atoms with Crippen molar-refractivity contribution >= 4 is 17.6 Å². The minimum atomic E-state index is -0.498. The van der Waals surface area contributed by atoms with Crippen LogP contribution in [0.1, 0.15) is 23.2 Å². The number of hydrogen-bond acceptors (Lipinski definition) is 3. The summed E-state index contributed by atoms with van der Waals surface area (Å²) < 4.78 is 31.9. The van der Waals surface area contributed by atoms with Crippen LogP contribution < -0.4 is 10.6 Å². The Hall–Kier alpha value is -2.80. The molecule has 0 saturated carbocycles. The molecule has 1 aliphatic rings. The summed E-state index contributed by atoms with van der Waals surface area (Å²) in [5.74, 6) is -1.16. The van der Waals surface area contributed by atoms with E-state index in [1.807, 2.05) is 0 Å². The summed E-state index contributed by atoms with van der Waals surface area (Å²) in [6.45, 7) is 1.09. The molecule has 0 aromatic heterocycles. The molecule has 0 spiro atoms. The standard InChI is InChI=1S/C19H19F2N3O2/c20-14-6-8-16(9-7-14)23-19(22-12-17-5-2-10-26-17)24-18(25)13-3-1-4-15(21)11-13/h1,3-4,6-9,11,17H,2,5,10,12H2,(H2,22,23,24,25)/t17-/m0/s1. The lowest BCUT2D eigenvalue weighted by molar-refractivity contribution is 0.0975. The van der Waals surface area contributed by atoms with Gasteiger partial charge in [-0.05, 0) is 55.3 Å². The van der Waals surface area contributed by atoms with Crippen molar-refractivity contribution in [3.8, 4) is 0 Å². The molecular weight excluding hydrogens is 340 g/mol. The predicted molar refractivity (Wildman–Crippen MR) is 95.2 cm³/mol. The quantitative estimate of drug-likeness (QED) is 0.650. The highest BCUT2D eigenvalue weighted by Crippen LogP contribution is 2.13. The molecule has 3 rings (SSSR count). The summed E-state index contributed by atoms with van der Waals surface area (Å²) in [4.78, 5) is 16.7. The Morgan fingerprint density at radius 3 is 2.65 bits per heavy atom. The SMILES string of the molecule is O=C(NC(=NC[C@@H]1CCCO1)Nc1ccc(F)cc1)c1cccc(F)c1. The van der Waals surface area contributed by atoms with Crippen molar-refractivity contribution in [2.75, 3.05) is 18.5 Å². The monoisotopic (exact) mass is 359 g/mol. The number of guanidine groups is 1. The predicted octanol–water partition coefficient (Wildman–Crippen LogP) is 3.34. The number of ether oxygens (including phenoxy) is 1. The minimum absolute atomic E-state index is 0.00564. The molecule has 2 aromatic rings. The maximum absolute atomic E-state index is 13.3. The first-order valence-electron chi connectivity index (χ1n) is 8.36. The van der Waals surface area contributed by atoms with E-state index in [1.54, 1.807) is 0 Å². The number of hydrogen-bond donors (Lipinski definition) is 2. The number of carbonyl (C=O) groups excluding carboxylic acids is 1. The number of nitrogens with one attached hydrogen (secondary N) is 2. The summed E-state index contributed by atoms with van der Waals surface area (Å²) in [5.41, 5.74) is 0.743. The van der Waals surface area contributed by atoms with Gasteiger partial charge in [-0.1, -0.05) is 6.07 Å². The molecule has 1 atom stereocenters. The normalized spacial score (nSPS) is 17.2. The molecule has 1 fully saturated rings. The van der Waals surface area contributed by atoms with E-state index in [0.29, 0.717) is 18.8 Å². The molecule has 136 valence electrons. The van der Waals surface area contributed by atoms with Crippen molar-refractivity contribution in [3.05, 3.63) is 65.7 Å². The van der Waals surface area contributed by atoms with Crippen LogP contribution in [0.4, 0.5) is 14.5 Å². The first kappa shape index (κ1) is 18.0. The van der Waals surface area contributed by atoms with Gasteiger partial charge in [0, 0.05) is 17.9 Å². The fraction of sp³-hybridized carbons (Fsp3) is 0.263. The summed E-state index contributed by atoms with van der Waals surface area (Å²) in [6, 6.07) is 11.0. The summed E-state index contributed by atoms with van der Waals surface area (Å²) in [7, 11) is 0. The Labute approximate surface area is 150 Å². The molecule has 0 unspecified atom stereocenters. The van der Waals surface area contributed by atoms with Gasteiger partial charge in [0.05, 0.1) is 12.6 Å². The van der Waals surface area contributed by atoms with Gasteiger partial charge in [0.15, 0.2) is 0 Å². The van der Waals surface area contributed by atoms with Gasteiger partial charge >= 0.3 is 0 Å². The van der Waals surface area contributed by atoms with E-state index in [0.717, 1.165) is 18.9 Å². The highest BCUT2D eigenvalue weighted by molar-refractivity contribution is 6.09. The van der Waals surface area contributed by atoms with Crippen LogP contribution in [0, 0.1) is 11.6 Å². The third kappa shape index (κ3) is 5.10. The second-order valence-corrected chi connectivity index (χ2v) is 5.92. The van der Waals surface area contributed by atoms with E-state index in [4.69, 9.17) is 4.74 Å². The average Bonchev–Trinajstić information content (AvgIpc) is 3.15. The van der Waals surface area contributed by atoms with Gasteiger partial charge in [-0.15, -0.1) is 0 Å². The molecule has 7 heteroatoms. The number of carbonyl (C=O) groups is 1. The number of rotatable bonds is 4. The molecule has 1 heterocycles. The Morgan fingerprint density at radius 2 is 1.96 bits per heavy atom. The molecule has 26 heavy (non-hydrogen) atoms. The number of halogens is 2. The number of nitrogens with zero attached hydrogens (tertiary/aromatic N) is 1. The molecule has 1 amide bonds. The smallest absolute Gasteiger partial charge is 0.258 e. The lowest BCUT2D eigenvalue weighted by Crippen LogP contribution is -2.36. The molecule has 0 bridgehead atoms. The number of aliphatic imine (C=N–C) groups is 1. The summed E-state index contributed by atoms with van der Waals surface area (Å²) in [6.07, 6.45) is 1.90. The molecule has 5 nitrogen and oxygen atoms in total. The van der Waals surface area contributed by atoms with Crippen LogP contribution in [-0.2, 0) is 4.74 Å². The molecule has 1 saturated heterocycles.